The molecule has 1 fully saturated rings. The van der Waals surface area contributed by atoms with Crippen molar-refractivity contribution in [3.8, 4) is 0 Å². The fourth-order valence-corrected chi connectivity index (χ4v) is 3.58. The fourth-order valence-electron chi connectivity index (χ4n) is 1.86. The Balaban J connectivity index is 2.03. The number of rotatable bonds is 2. The summed E-state index contributed by atoms with van der Waals surface area (Å²) in [6, 6.07) is 7.28. The topological polar surface area (TPSA) is 12.0 Å². The summed E-state index contributed by atoms with van der Waals surface area (Å²) in [5.41, 5.74) is 2.67. The van der Waals surface area contributed by atoms with Gasteiger partial charge in [0.15, 0.2) is 0 Å². The van der Waals surface area contributed by atoms with Crippen molar-refractivity contribution in [1.29, 1.82) is 0 Å². The van der Waals surface area contributed by atoms with Crippen LogP contribution >= 0.6 is 34.4 Å². The Bertz CT molecular complexity index is 334. The number of halogens is 1. The molecule has 1 aliphatic rings. The van der Waals surface area contributed by atoms with E-state index in [0.717, 1.165) is 0 Å². The van der Waals surface area contributed by atoms with E-state index in [2.05, 4.69) is 64.8 Å². The van der Waals surface area contributed by atoms with Crippen molar-refractivity contribution in [2.45, 2.75) is 25.8 Å². The molecule has 1 aromatic rings. The molecule has 82 valence electrons. The van der Waals surface area contributed by atoms with Gasteiger partial charge in [-0.05, 0) is 71.9 Å². The second-order valence-electron chi connectivity index (χ2n) is 4.02. The van der Waals surface area contributed by atoms with Crippen LogP contribution in [0.15, 0.2) is 18.2 Å². The molecule has 1 atom stereocenters. The summed E-state index contributed by atoms with van der Waals surface area (Å²) in [7, 11) is 0. The van der Waals surface area contributed by atoms with Gasteiger partial charge in [-0.2, -0.15) is 11.8 Å². The lowest BCUT2D eigenvalue weighted by atomic mass is 10.1. The molecular formula is C12H16INS. The van der Waals surface area contributed by atoms with Crippen LogP contribution in [0.5, 0.6) is 0 Å². The van der Waals surface area contributed by atoms with Gasteiger partial charge in [0.1, 0.15) is 0 Å². The minimum atomic E-state index is 0.669. The van der Waals surface area contributed by atoms with E-state index in [1.807, 2.05) is 0 Å². The standard InChI is InChI=1S/C12H16INS/c1-9-7-10(13)4-5-12(9)14-11-3-2-6-15-8-11/h4-5,7,11,14H,2-3,6,8H2,1H3. The van der Waals surface area contributed by atoms with E-state index in [9.17, 15) is 0 Å². The summed E-state index contributed by atoms with van der Waals surface area (Å²) in [5, 5.41) is 3.65. The Morgan fingerprint density at radius 1 is 1.47 bits per heavy atom. The van der Waals surface area contributed by atoms with Gasteiger partial charge in [-0.25, -0.2) is 0 Å². The van der Waals surface area contributed by atoms with Crippen LogP contribution in [0.2, 0.25) is 0 Å². The Labute approximate surface area is 110 Å². The Morgan fingerprint density at radius 3 is 3.00 bits per heavy atom. The monoisotopic (exact) mass is 333 g/mol. The molecule has 1 nitrogen and oxygen atoms in total. The van der Waals surface area contributed by atoms with Crippen molar-refractivity contribution in [2.75, 3.05) is 16.8 Å². The number of nitrogens with one attached hydrogen (secondary N) is 1. The second kappa shape index (κ2) is 5.43. The highest BCUT2D eigenvalue weighted by Crippen LogP contribution is 2.23. The smallest absolute Gasteiger partial charge is 0.0373 e. The fraction of sp³-hybridized carbons (Fsp3) is 0.500. The van der Waals surface area contributed by atoms with Gasteiger partial charge in [0, 0.05) is 21.1 Å². The molecule has 1 N–H and O–H groups in total. The zero-order chi connectivity index (χ0) is 10.7. The molecule has 0 spiro atoms. The summed E-state index contributed by atoms with van der Waals surface area (Å²) in [6.45, 7) is 2.18. The first-order chi connectivity index (χ1) is 7.25. The number of hydrogen-bond donors (Lipinski definition) is 1. The quantitative estimate of drug-likeness (QED) is 0.824. The number of hydrogen-bond acceptors (Lipinski definition) is 2. The number of benzene rings is 1. The summed E-state index contributed by atoms with van der Waals surface area (Å²) in [6.07, 6.45) is 2.67. The van der Waals surface area contributed by atoms with Crippen molar-refractivity contribution < 1.29 is 0 Å². The second-order valence-corrected chi connectivity index (χ2v) is 6.41. The SMILES string of the molecule is Cc1cc(I)ccc1NC1CCCSC1. The molecule has 1 saturated heterocycles. The maximum atomic E-state index is 3.65. The van der Waals surface area contributed by atoms with Crippen LogP contribution < -0.4 is 5.32 Å². The van der Waals surface area contributed by atoms with Gasteiger partial charge in [-0.3, -0.25) is 0 Å². The van der Waals surface area contributed by atoms with Crippen LogP contribution in [0.25, 0.3) is 0 Å². The Kier molecular flexibility index (Phi) is 4.20. The highest BCUT2D eigenvalue weighted by atomic mass is 127. The van der Waals surface area contributed by atoms with Gasteiger partial charge < -0.3 is 5.32 Å². The molecule has 1 unspecified atom stereocenters. The van der Waals surface area contributed by atoms with Gasteiger partial charge in [0.2, 0.25) is 0 Å². The van der Waals surface area contributed by atoms with Crippen molar-refractivity contribution in [3.63, 3.8) is 0 Å². The van der Waals surface area contributed by atoms with Gasteiger partial charge in [-0.1, -0.05) is 0 Å². The van der Waals surface area contributed by atoms with Crippen molar-refractivity contribution in [1.82, 2.24) is 0 Å². The molecule has 1 aromatic carbocycles. The molecule has 0 aliphatic carbocycles. The molecule has 2 rings (SSSR count). The highest BCUT2D eigenvalue weighted by Gasteiger charge is 2.13. The van der Waals surface area contributed by atoms with Crippen LogP contribution in [0.1, 0.15) is 18.4 Å². The lowest BCUT2D eigenvalue weighted by Gasteiger charge is -2.24. The Hall–Kier alpha value is 0.1000. The third kappa shape index (κ3) is 3.28. The highest BCUT2D eigenvalue weighted by molar-refractivity contribution is 14.1. The summed E-state index contributed by atoms with van der Waals surface area (Å²) in [5.74, 6) is 2.59. The van der Waals surface area contributed by atoms with Crippen molar-refractivity contribution in [3.05, 3.63) is 27.3 Å². The Morgan fingerprint density at radius 2 is 2.33 bits per heavy atom. The number of thioether (sulfide) groups is 1. The lowest BCUT2D eigenvalue weighted by Crippen LogP contribution is -2.26. The zero-order valence-electron chi connectivity index (χ0n) is 8.92. The number of anilines is 1. The third-order valence-electron chi connectivity index (χ3n) is 2.71. The van der Waals surface area contributed by atoms with E-state index in [4.69, 9.17) is 0 Å². The third-order valence-corrected chi connectivity index (χ3v) is 4.59. The largest absolute Gasteiger partial charge is 0.381 e. The summed E-state index contributed by atoms with van der Waals surface area (Å²) < 4.78 is 1.31. The molecule has 15 heavy (non-hydrogen) atoms. The summed E-state index contributed by atoms with van der Waals surface area (Å²) in [4.78, 5) is 0. The van der Waals surface area contributed by atoms with E-state index in [0.29, 0.717) is 6.04 Å². The molecule has 0 saturated carbocycles. The first kappa shape index (κ1) is 11.6. The predicted molar refractivity (Wildman–Crippen MR) is 77.9 cm³/mol. The molecule has 0 aromatic heterocycles. The van der Waals surface area contributed by atoms with E-state index < -0.39 is 0 Å². The van der Waals surface area contributed by atoms with E-state index in [-0.39, 0.29) is 0 Å². The lowest BCUT2D eigenvalue weighted by molar-refractivity contribution is 0.684. The molecule has 0 bridgehead atoms. The van der Waals surface area contributed by atoms with Crippen LogP contribution in [0.4, 0.5) is 5.69 Å². The van der Waals surface area contributed by atoms with Crippen LogP contribution in [0.3, 0.4) is 0 Å². The zero-order valence-corrected chi connectivity index (χ0v) is 11.9. The van der Waals surface area contributed by atoms with Gasteiger partial charge in [-0.15, -0.1) is 0 Å². The first-order valence-electron chi connectivity index (χ1n) is 5.36. The normalized spacial score (nSPS) is 21.3. The average molecular weight is 333 g/mol. The average Bonchev–Trinajstić information content (AvgIpc) is 2.24. The van der Waals surface area contributed by atoms with Crippen LogP contribution in [-0.2, 0) is 0 Å². The minimum Gasteiger partial charge on any atom is -0.381 e. The van der Waals surface area contributed by atoms with E-state index in [1.165, 1.54) is 39.2 Å². The van der Waals surface area contributed by atoms with Crippen LogP contribution in [-0.4, -0.2) is 17.5 Å². The predicted octanol–water partition coefficient (Wildman–Crippen LogP) is 3.91. The molecule has 0 amide bonds. The van der Waals surface area contributed by atoms with Gasteiger partial charge in [0.25, 0.3) is 0 Å². The molecule has 3 heteroatoms. The van der Waals surface area contributed by atoms with Gasteiger partial charge >= 0.3 is 0 Å². The minimum absolute atomic E-state index is 0.669. The number of aryl methyl sites for hydroxylation is 1. The molecule has 1 heterocycles. The summed E-state index contributed by atoms with van der Waals surface area (Å²) >= 11 is 4.43. The van der Waals surface area contributed by atoms with Crippen molar-refractivity contribution >= 4 is 40.0 Å². The molecular weight excluding hydrogens is 317 g/mol. The van der Waals surface area contributed by atoms with Crippen molar-refractivity contribution in [2.24, 2.45) is 0 Å². The first-order valence-corrected chi connectivity index (χ1v) is 7.59. The maximum Gasteiger partial charge on any atom is 0.0373 e. The maximum absolute atomic E-state index is 3.65. The van der Waals surface area contributed by atoms with Crippen LogP contribution in [0, 0.1) is 10.5 Å². The van der Waals surface area contributed by atoms with E-state index in [1.54, 1.807) is 0 Å². The molecule has 1 aliphatic heterocycles. The van der Waals surface area contributed by atoms with Gasteiger partial charge in [0.05, 0.1) is 0 Å². The van der Waals surface area contributed by atoms with E-state index >= 15 is 0 Å². The molecule has 0 radical (unpaired) electrons.